The second-order valence-corrected chi connectivity index (χ2v) is 7.22. The van der Waals surface area contributed by atoms with Crippen LogP contribution in [-0.2, 0) is 11.2 Å². The Kier molecular flexibility index (Phi) is 4.73. The normalized spacial score (nSPS) is 25.1. The number of carbonyl (C=O) groups excluding carboxylic acids is 2. The van der Waals surface area contributed by atoms with Gasteiger partial charge in [-0.05, 0) is 31.1 Å². The maximum Gasteiger partial charge on any atom is 0.269 e. The second kappa shape index (κ2) is 7.31. The minimum absolute atomic E-state index is 0.0998. The van der Waals surface area contributed by atoms with Crippen LogP contribution in [0.1, 0.15) is 42.0 Å². The van der Waals surface area contributed by atoms with Crippen molar-refractivity contribution >= 4 is 11.8 Å². The Morgan fingerprint density at radius 3 is 3.04 bits per heavy atom. The number of aromatic amines is 2. The molecular formula is C18H24N6O2. The van der Waals surface area contributed by atoms with Crippen LogP contribution in [0.4, 0.5) is 0 Å². The number of hydrogen-bond donors (Lipinski definition) is 3. The maximum absolute atomic E-state index is 12.5. The molecule has 3 N–H and O–H groups in total. The number of H-pyrrole nitrogens is 2. The van der Waals surface area contributed by atoms with Gasteiger partial charge >= 0.3 is 0 Å². The van der Waals surface area contributed by atoms with Gasteiger partial charge in [0.15, 0.2) is 0 Å². The van der Waals surface area contributed by atoms with Gasteiger partial charge < -0.3 is 20.2 Å². The lowest BCUT2D eigenvalue weighted by molar-refractivity contribution is -0.133. The van der Waals surface area contributed by atoms with Gasteiger partial charge in [-0.3, -0.25) is 9.59 Å². The zero-order chi connectivity index (χ0) is 17.9. The van der Waals surface area contributed by atoms with E-state index in [-0.39, 0.29) is 17.9 Å². The molecule has 3 atom stereocenters. The van der Waals surface area contributed by atoms with Crippen molar-refractivity contribution in [2.45, 2.75) is 38.1 Å². The monoisotopic (exact) mass is 356 g/mol. The van der Waals surface area contributed by atoms with Gasteiger partial charge in [0.2, 0.25) is 5.91 Å². The molecule has 3 heterocycles. The van der Waals surface area contributed by atoms with E-state index in [1.807, 2.05) is 4.90 Å². The average Bonchev–Trinajstić information content (AvgIpc) is 3.10. The summed E-state index contributed by atoms with van der Waals surface area (Å²) in [5.41, 5.74) is 0.494. The fraction of sp³-hybridized carbons (Fsp3) is 0.556. The molecule has 2 aromatic rings. The third-order valence-corrected chi connectivity index (χ3v) is 5.45. The van der Waals surface area contributed by atoms with Crippen molar-refractivity contribution in [1.82, 2.24) is 30.2 Å². The number of piperidine rings is 1. The predicted octanol–water partition coefficient (Wildman–Crippen LogP) is 1.12. The van der Waals surface area contributed by atoms with Gasteiger partial charge in [0.25, 0.3) is 5.91 Å². The van der Waals surface area contributed by atoms with Crippen LogP contribution in [0.2, 0.25) is 0 Å². The zero-order valence-corrected chi connectivity index (χ0v) is 14.6. The van der Waals surface area contributed by atoms with E-state index in [1.54, 1.807) is 12.4 Å². The van der Waals surface area contributed by atoms with E-state index < -0.39 is 0 Å². The number of aromatic nitrogens is 4. The second-order valence-electron chi connectivity index (χ2n) is 7.22. The standard InChI is InChI=1S/C18H24N6O2/c25-17(4-3-16-20-5-6-21-16)24-7-1-2-12(10-24)13-8-14(13)23-18(26)15-9-19-11-22-15/h5-6,9,11-14H,1-4,7-8,10H2,(H,19,22)(H,20,21)(H,23,26). The molecule has 3 unspecified atom stereocenters. The molecule has 0 radical (unpaired) electrons. The summed E-state index contributed by atoms with van der Waals surface area (Å²) >= 11 is 0. The Hall–Kier alpha value is -2.64. The molecule has 2 aliphatic rings. The van der Waals surface area contributed by atoms with Gasteiger partial charge in [0, 0.05) is 44.4 Å². The van der Waals surface area contributed by atoms with Crippen LogP contribution in [0.25, 0.3) is 0 Å². The van der Waals surface area contributed by atoms with Crippen LogP contribution in [0, 0.1) is 11.8 Å². The molecule has 1 aliphatic heterocycles. The number of imidazole rings is 2. The zero-order valence-electron chi connectivity index (χ0n) is 14.6. The summed E-state index contributed by atoms with van der Waals surface area (Å²) < 4.78 is 0. The Morgan fingerprint density at radius 2 is 2.27 bits per heavy atom. The average molecular weight is 356 g/mol. The topological polar surface area (TPSA) is 107 Å². The highest BCUT2D eigenvalue weighted by Crippen LogP contribution is 2.41. The highest BCUT2D eigenvalue weighted by Gasteiger charge is 2.45. The quantitative estimate of drug-likeness (QED) is 0.721. The number of amides is 2. The van der Waals surface area contributed by atoms with Crippen LogP contribution >= 0.6 is 0 Å². The molecule has 0 bridgehead atoms. The molecule has 4 rings (SSSR count). The van der Waals surface area contributed by atoms with Gasteiger partial charge in [0.05, 0.1) is 12.5 Å². The first-order chi connectivity index (χ1) is 12.7. The van der Waals surface area contributed by atoms with E-state index in [0.717, 1.165) is 38.2 Å². The lowest BCUT2D eigenvalue weighted by Crippen LogP contribution is -2.41. The van der Waals surface area contributed by atoms with Crippen LogP contribution in [0.15, 0.2) is 24.9 Å². The van der Waals surface area contributed by atoms with Crippen molar-refractivity contribution < 1.29 is 9.59 Å². The Bertz CT molecular complexity index is 742. The first kappa shape index (κ1) is 16.8. The highest BCUT2D eigenvalue weighted by molar-refractivity contribution is 5.92. The van der Waals surface area contributed by atoms with Crippen LogP contribution in [0.3, 0.4) is 0 Å². The number of aryl methyl sites for hydroxylation is 1. The molecular weight excluding hydrogens is 332 g/mol. The first-order valence-electron chi connectivity index (χ1n) is 9.26. The van der Waals surface area contributed by atoms with Crippen molar-refractivity contribution in [1.29, 1.82) is 0 Å². The third-order valence-electron chi connectivity index (χ3n) is 5.45. The summed E-state index contributed by atoms with van der Waals surface area (Å²) in [6, 6.07) is 0.217. The minimum Gasteiger partial charge on any atom is -0.349 e. The SMILES string of the molecule is O=C(NC1CC1C1CCCN(C(=O)CCc2ncc[nH]2)C1)c1cnc[nH]1. The van der Waals surface area contributed by atoms with E-state index in [1.165, 1.54) is 12.5 Å². The number of likely N-dealkylation sites (tertiary alicyclic amines) is 1. The molecule has 2 amide bonds. The third kappa shape index (κ3) is 3.79. The number of carbonyl (C=O) groups is 2. The maximum atomic E-state index is 12.5. The number of rotatable bonds is 6. The Labute approximate surface area is 151 Å². The van der Waals surface area contributed by atoms with Crippen LogP contribution in [0.5, 0.6) is 0 Å². The van der Waals surface area contributed by atoms with E-state index in [4.69, 9.17) is 0 Å². The van der Waals surface area contributed by atoms with Crippen molar-refractivity contribution in [3.8, 4) is 0 Å². The number of hydrogen-bond acceptors (Lipinski definition) is 4. The van der Waals surface area contributed by atoms with Crippen LogP contribution in [-0.4, -0.2) is 55.8 Å². The molecule has 1 saturated heterocycles. The highest BCUT2D eigenvalue weighted by atomic mass is 16.2. The molecule has 138 valence electrons. The minimum atomic E-state index is -0.0998. The van der Waals surface area contributed by atoms with Gasteiger partial charge in [0.1, 0.15) is 11.5 Å². The molecule has 2 aromatic heterocycles. The summed E-state index contributed by atoms with van der Waals surface area (Å²) in [6.07, 6.45) is 10.8. The van der Waals surface area contributed by atoms with Gasteiger partial charge in [-0.15, -0.1) is 0 Å². The Morgan fingerprint density at radius 1 is 1.35 bits per heavy atom. The van der Waals surface area contributed by atoms with E-state index in [2.05, 4.69) is 25.3 Å². The molecule has 26 heavy (non-hydrogen) atoms. The summed E-state index contributed by atoms with van der Waals surface area (Å²) in [6.45, 7) is 1.64. The molecule has 8 nitrogen and oxygen atoms in total. The van der Waals surface area contributed by atoms with Gasteiger partial charge in [-0.2, -0.15) is 0 Å². The molecule has 8 heteroatoms. The van der Waals surface area contributed by atoms with Gasteiger partial charge in [-0.25, -0.2) is 9.97 Å². The molecule has 1 aliphatic carbocycles. The number of nitrogens with zero attached hydrogens (tertiary/aromatic N) is 3. The number of nitrogens with one attached hydrogen (secondary N) is 3. The summed E-state index contributed by atoms with van der Waals surface area (Å²) in [5.74, 6) is 1.91. The fourth-order valence-electron chi connectivity index (χ4n) is 3.93. The van der Waals surface area contributed by atoms with Crippen LogP contribution < -0.4 is 5.32 Å². The van der Waals surface area contributed by atoms with Crippen molar-refractivity contribution in [3.63, 3.8) is 0 Å². The van der Waals surface area contributed by atoms with Gasteiger partial charge in [-0.1, -0.05) is 0 Å². The fourth-order valence-corrected chi connectivity index (χ4v) is 3.93. The molecule has 2 fully saturated rings. The summed E-state index contributed by atoms with van der Waals surface area (Å²) in [7, 11) is 0. The first-order valence-corrected chi connectivity index (χ1v) is 9.26. The van der Waals surface area contributed by atoms with Crippen molar-refractivity contribution in [3.05, 3.63) is 36.4 Å². The predicted molar refractivity (Wildman–Crippen MR) is 94.2 cm³/mol. The Balaban J connectivity index is 1.25. The van der Waals surface area contributed by atoms with E-state index in [0.29, 0.717) is 30.4 Å². The largest absolute Gasteiger partial charge is 0.349 e. The van der Waals surface area contributed by atoms with E-state index in [9.17, 15) is 9.59 Å². The van der Waals surface area contributed by atoms with Crippen molar-refractivity contribution in [2.75, 3.05) is 13.1 Å². The lowest BCUT2D eigenvalue weighted by Gasteiger charge is -2.33. The smallest absolute Gasteiger partial charge is 0.269 e. The summed E-state index contributed by atoms with van der Waals surface area (Å²) in [4.78, 5) is 40.5. The molecule has 0 spiro atoms. The molecule has 1 saturated carbocycles. The molecule has 0 aromatic carbocycles. The van der Waals surface area contributed by atoms with E-state index >= 15 is 0 Å². The summed E-state index contributed by atoms with van der Waals surface area (Å²) in [5, 5.41) is 3.07. The lowest BCUT2D eigenvalue weighted by atomic mass is 9.92. The van der Waals surface area contributed by atoms with Crippen molar-refractivity contribution in [2.24, 2.45) is 11.8 Å².